The van der Waals surface area contributed by atoms with E-state index < -0.39 is 0 Å². The van der Waals surface area contributed by atoms with Crippen molar-refractivity contribution >= 4 is 0 Å². The zero-order chi connectivity index (χ0) is 12.2. The molecule has 0 amide bonds. The van der Waals surface area contributed by atoms with Crippen LogP contribution in [-0.4, -0.2) is 52.7 Å². The van der Waals surface area contributed by atoms with E-state index in [9.17, 15) is 0 Å². The lowest BCUT2D eigenvalue weighted by Crippen LogP contribution is -2.37. The molecular weight excluding hydrogens is 206 g/mol. The Kier molecular flexibility index (Phi) is 11.2. The average Bonchev–Trinajstić information content (AvgIpc) is 2.31. The van der Waals surface area contributed by atoms with Crippen LogP contribution in [0.5, 0.6) is 0 Å². The zero-order valence-corrected chi connectivity index (χ0v) is 11.1. The number of unbranched alkanes of at least 4 members (excludes halogenated alkanes) is 1. The van der Waals surface area contributed by atoms with Crippen LogP contribution in [0.2, 0.25) is 0 Å². The molecule has 0 spiro atoms. The molecule has 0 rings (SSSR count). The van der Waals surface area contributed by atoms with Gasteiger partial charge in [0, 0.05) is 26.9 Å². The Balaban J connectivity index is 3.14. The first-order chi connectivity index (χ1) is 7.72. The van der Waals surface area contributed by atoms with Gasteiger partial charge in [-0.05, 0) is 33.2 Å². The molecule has 0 aliphatic heterocycles. The van der Waals surface area contributed by atoms with Gasteiger partial charge in [0.1, 0.15) is 0 Å². The molecule has 0 aliphatic rings. The number of ether oxygens (including phenoxy) is 3. The molecular formula is C12H27NO3. The van der Waals surface area contributed by atoms with Crippen LogP contribution in [0.4, 0.5) is 0 Å². The number of methoxy groups -OCH3 is 2. The van der Waals surface area contributed by atoms with E-state index in [2.05, 4.69) is 19.2 Å². The molecule has 0 aromatic heterocycles. The van der Waals surface area contributed by atoms with Gasteiger partial charge < -0.3 is 19.5 Å². The van der Waals surface area contributed by atoms with E-state index in [-0.39, 0.29) is 6.10 Å². The largest absolute Gasteiger partial charge is 0.382 e. The standard InChI is InChI=1S/C12H27NO3/c1-11(12(2)15-4)13-7-5-6-8-16-10-9-14-3/h11-13H,5-10H2,1-4H3. The average molecular weight is 233 g/mol. The Morgan fingerprint density at radius 1 is 1.00 bits per heavy atom. The third-order valence-corrected chi connectivity index (χ3v) is 2.69. The van der Waals surface area contributed by atoms with E-state index in [1.807, 2.05) is 0 Å². The van der Waals surface area contributed by atoms with Crippen LogP contribution < -0.4 is 5.32 Å². The smallest absolute Gasteiger partial charge is 0.0700 e. The maximum absolute atomic E-state index is 5.37. The Morgan fingerprint density at radius 3 is 2.38 bits per heavy atom. The maximum Gasteiger partial charge on any atom is 0.0700 e. The van der Waals surface area contributed by atoms with Gasteiger partial charge in [-0.1, -0.05) is 0 Å². The van der Waals surface area contributed by atoms with Gasteiger partial charge in [0.15, 0.2) is 0 Å². The van der Waals surface area contributed by atoms with Crippen molar-refractivity contribution in [3.05, 3.63) is 0 Å². The van der Waals surface area contributed by atoms with Gasteiger partial charge in [-0.3, -0.25) is 0 Å². The Labute approximate surface area is 99.6 Å². The second kappa shape index (κ2) is 11.3. The highest BCUT2D eigenvalue weighted by atomic mass is 16.5. The minimum absolute atomic E-state index is 0.262. The Hall–Kier alpha value is -0.160. The summed E-state index contributed by atoms with van der Waals surface area (Å²) in [6.07, 6.45) is 2.48. The van der Waals surface area contributed by atoms with Crippen LogP contribution in [0.3, 0.4) is 0 Å². The quantitative estimate of drug-likeness (QED) is 0.548. The van der Waals surface area contributed by atoms with E-state index in [4.69, 9.17) is 14.2 Å². The summed E-state index contributed by atoms with van der Waals surface area (Å²) in [4.78, 5) is 0. The van der Waals surface area contributed by atoms with Crippen LogP contribution in [-0.2, 0) is 14.2 Å². The van der Waals surface area contributed by atoms with Gasteiger partial charge in [0.05, 0.1) is 19.3 Å². The van der Waals surface area contributed by atoms with Crippen LogP contribution >= 0.6 is 0 Å². The molecule has 0 heterocycles. The summed E-state index contributed by atoms with van der Waals surface area (Å²) >= 11 is 0. The molecule has 0 fully saturated rings. The maximum atomic E-state index is 5.37. The van der Waals surface area contributed by atoms with Crippen LogP contribution in [0.1, 0.15) is 26.7 Å². The second-order valence-electron chi connectivity index (χ2n) is 4.00. The van der Waals surface area contributed by atoms with Crippen molar-refractivity contribution < 1.29 is 14.2 Å². The SMILES string of the molecule is COCCOCCCCNC(C)C(C)OC. The summed E-state index contributed by atoms with van der Waals surface area (Å²) in [5.74, 6) is 0. The predicted octanol–water partition coefficient (Wildman–Crippen LogP) is 1.44. The van der Waals surface area contributed by atoms with E-state index in [0.29, 0.717) is 19.3 Å². The number of hydrogen-bond acceptors (Lipinski definition) is 4. The predicted molar refractivity (Wildman–Crippen MR) is 65.9 cm³/mol. The number of nitrogens with one attached hydrogen (secondary N) is 1. The normalized spacial score (nSPS) is 15.0. The summed E-state index contributed by atoms with van der Waals surface area (Å²) in [5, 5.41) is 3.43. The fourth-order valence-corrected chi connectivity index (χ4v) is 1.27. The minimum atomic E-state index is 0.262. The Bertz CT molecular complexity index is 144. The summed E-state index contributed by atoms with van der Waals surface area (Å²) in [7, 11) is 3.43. The first-order valence-electron chi connectivity index (χ1n) is 6.05. The van der Waals surface area contributed by atoms with Gasteiger partial charge >= 0.3 is 0 Å². The van der Waals surface area contributed by atoms with E-state index in [1.165, 1.54) is 0 Å². The third-order valence-electron chi connectivity index (χ3n) is 2.69. The van der Waals surface area contributed by atoms with Gasteiger partial charge in [0.25, 0.3) is 0 Å². The van der Waals surface area contributed by atoms with E-state index in [0.717, 1.165) is 26.0 Å². The molecule has 0 saturated heterocycles. The molecule has 0 aliphatic carbocycles. The highest BCUT2D eigenvalue weighted by Gasteiger charge is 2.08. The molecule has 2 unspecified atom stereocenters. The second-order valence-corrected chi connectivity index (χ2v) is 4.00. The minimum Gasteiger partial charge on any atom is -0.382 e. The highest BCUT2D eigenvalue weighted by Crippen LogP contribution is 1.97. The van der Waals surface area contributed by atoms with Crippen molar-refractivity contribution in [2.75, 3.05) is 40.6 Å². The van der Waals surface area contributed by atoms with Crippen molar-refractivity contribution in [2.45, 2.75) is 38.8 Å². The van der Waals surface area contributed by atoms with Crippen molar-refractivity contribution in [3.63, 3.8) is 0 Å². The van der Waals surface area contributed by atoms with Crippen LogP contribution in [0, 0.1) is 0 Å². The lowest BCUT2D eigenvalue weighted by atomic mass is 10.2. The molecule has 4 nitrogen and oxygen atoms in total. The van der Waals surface area contributed by atoms with Crippen molar-refractivity contribution in [3.8, 4) is 0 Å². The van der Waals surface area contributed by atoms with Gasteiger partial charge in [0.2, 0.25) is 0 Å². The summed E-state index contributed by atoms with van der Waals surface area (Å²) < 4.78 is 15.5. The number of rotatable bonds is 11. The van der Waals surface area contributed by atoms with Crippen molar-refractivity contribution in [1.29, 1.82) is 0 Å². The van der Waals surface area contributed by atoms with Crippen LogP contribution in [0.25, 0.3) is 0 Å². The topological polar surface area (TPSA) is 39.7 Å². The lowest BCUT2D eigenvalue weighted by Gasteiger charge is -2.19. The monoisotopic (exact) mass is 233 g/mol. The van der Waals surface area contributed by atoms with Gasteiger partial charge in [-0.25, -0.2) is 0 Å². The van der Waals surface area contributed by atoms with Gasteiger partial charge in [-0.2, -0.15) is 0 Å². The first-order valence-corrected chi connectivity index (χ1v) is 6.05. The third kappa shape index (κ3) is 9.09. The fraction of sp³-hybridized carbons (Fsp3) is 1.00. The molecule has 0 saturated carbocycles. The molecule has 16 heavy (non-hydrogen) atoms. The van der Waals surface area contributed by atoms with Crippen LogP contribution in [0.15, 0.2) is 0 Å². The first kappa shape index (κ1) is 15.8. The van der Waals surface area contributed by atoms with E-state index in [1.54, 1.807) is 14.2 Å². The summed E-state index contributed by atoms with van der Waals surface area (Å²) in [5.41, 5.74) is 0. The van der Waals surface area contributed by atoms with Crippen molar-refractivity contribution in [2.24, 2.45) is 0 Å². The van der Waals surface area contributed by atoms with E-state index >= 15 is 0 Å². The highest BCUT2D eigenvalue weighted by molar-refractivity contribution is 4.67. The zero-order valence-electron chi connectivity index (χ0n) is 11.1. The number of hydrogen-bond donors (Lipinski definition) is 1. The lowest BCUT2D eigenvalue weighted by molar-refractivity contribution is 0.0678. The molecule has 98 valence electrons. The summed E-state index contributed by atoms with van der Waals surface area (Å²) in [6, 6.07) is 0.402. The molecule has 0 aromatic carbocycles. The molecule has 4 heteroatoms. The summed E-state index contributed by atoms with van der Waals surface area (Å²) in [6.45, 7) is 7.43. The molecule has 2 atom stereocenters. The molecule has 0 radical (unpaired) electrons. The molecule has 1 N–H and O–H groups in total. The fourth-order valence-electron chi connectivity index (χ4n) is 1.27. The Morgan fingerprint density at radius 2 is 1.75 bits per heavy atom. The molecule has 0 bridgehead atoms. The van der Waals surface area contributed by atoms with Gasteiger partial charge in [-0.15, -0.1) is 0 Å². The molecule has 0 aromatic rings. The van der Waals surface area contributed by atoms with Crippen molar-refractivity contribution in [1.82, 2.24) is 5.32 Å².